The van der Waals surface area contributed by atoms with Crippen LogP contribution < -0.4 is 5.32 Å². The Bertz CT molecular complexity index is 1200. The molecule has 1 N–H and O–H groups in total. The van der Waals surface area contributed by atoms with E-state index in [0.717, 1.165) is 44.4 Å². The summed E-state index contributed by atoms with van der Waals surface area (Å²) in [4.78, 5) is 9.59. The zero-order chi connectivity index (χ0) is 18.2. The summed E-state index contributed by atoms with van der Waals surface area (Å²) in [5.74, 6) is 0. The Hall–Kier alpha value is -2.76. The van der Waals surface area contributed by atoms with Gasteiger partial charge in [0.15, 0.2) is 0 Å². The highest BCUT2D eigenvalue weighted by atomic mass is 32.1. The molecular weight excluding hydrogens is 370 g/mol. The van der Waals surface area contributed by atoms with E-state index in [0.29, 0.717) is 0 Å². The highest BCUT2D eigenvalue weighted by Crippen LogP contribution is 2.35. The van der Waals surface area contributed by atoms with Crippen LogP contribution in [0.25, 0.3) is 41.6 Å². The van der Waals surface area contributed by atoms with Crippen molar-refractivity contribution < 1.29 is 0 Å². The van der Waals surface area contributed by atoms with Crippen LogP contribution in [-0.2, 0) is 0 Å². The van der Waals surface area contributed by atoms with Crippen LogP contribution in [0.1, 0.15) is 6.92 Å². The molecule has 0 aliphatic carbocycles. The molecule has 5 aromatic rings. The van der Waals surface area contributed by atoms with E-state index in [-0.39, 0.29) is 0 Å². The molecule has 0 spiro atoms. The number of fused-ring (bicyclic) bond motifs is 2. The van der Waals surface area contributed by atoms with Crippen molar-refractivity contribution in [2.24, 2.45) is 0 Å². The molecule has 5 heteroatoms. The van der Waals surface area contributed by atoms with Crippen LogP contribution in [0.4, 0.5) is 5.69 Å². The lowest BCUT2D eigenvalue weighted by atomic mass is 10.2. The Labute approximate surface area is 165 Å². The summed E-state index contributed by atoms with van der Waals surface area (Å²) in [6, 6.07) is 23.2. The monoisotopic (exact) mass is 387 g/mol. The van der Waals surface area contributed by atoms with Crippen molar-refractivity contribution in [3.05, 3.63) is 66.7 Å². The Balaban J connectivity index is 1.52. The third-order valence-corrected chi connectivity index (χ3v) is 6.59. The smallest absolute Gasteiger partial charge is 0.124 e. The molecule has 0 aliphatic rings. The summed E-state index contributed by atoms with van der Waals surface area (Å²) >= 11 is 3.47. The second-order valence-corrected chi connectivity index (χ2v) is 8.36. The second-order valence-electron chi connectivity index (χ2n) is 6.30. The predicted molar refractivity (Wildman–Crippen MR) is 118 cm³/mol. The minimum Gasteiger partial charge on any atom is -0.385 e. The molecule has 2 aromatic heterocycles. The number of hydrogen-bond donors (Lipinski definition) is 1. The van der Waals surface area contributed by atoms with Crippen LogP contribution in [-0.4, -0.2) is 16.5 Å². The molecule has 0 saturated heterocycles. The molecule has 0 aliphatic heterocycles. The van der Waals surface area contributed by atoms with E-state index in [9.17, 15) is 0 Å². The van der Waals surface area contributed by atoms with Crippen LogP contribution >= 0.6 is 22.7 Å². The lowest BCUT2D eigenvalue weighted by molar-refractivity contribution is 1.21. The van der Waals surface area contributed by atoms with E-state index in [1.165, 1.54) is 9.40 Å². The maximum Gasteiger partial charge on any atom is 0.124 e. The summed E-state index contributed by atoms with van der Waals surface area (Å²) in [5.41, 5.74) is 5.54. The van der Waals surface area contributed by atoms with Gasteiger partial charge in [-0.05, 0) is 61.5 Å². The number of nitrogens with zero attached hydrogens (tertiary/aromatic N) is 2. The predicted octanol–water partition coefficient (Wildman–Crippen LogP) is 6.67. The van der Waals surface area contributed by atoms with Gasteiger partial charge in [-0.25, -0.2) is 9.97 Å². The maximum absolute atomic E-state index is 4.82. The molecule has 2 heterocycles. The van der Waals surface area contributed by atoms with Gasteiger partial charge in [-0.15, -0.1) is 22.7 Å². The van der Waals surface area contributed by atoms with Gasteiger partial charge in [-0.2, -0.15) is 0 Å². The van der Waals surface area contributed by atoms with E-state index < -0.39 is 0 Å². The maximum atomic E-state index is 4.82. The number of benzene rings is 3. The minimum atomic E-state index is 0.926. The van der Waals surface area contributed by atoms with Gasteiger partial charge in [0.1, 0.15) is 10.0 Å². The van der Waals surface area contributed by atoms with Crippen LogP contribution in [0.2, 0.25) is 0 Å². The number of aromatic nitrogens is 2. The summed E-state index contributed by atoms with van der Waals surface area (Å²) in [6.45, 7) is 3.03. The summed E-state index contributed by atoms with van der Waals surface area (Å²) < 4.78 is 2.41. The molecule has 0 bridgehead atoms. The highest BCUT2D eigenvalue weighted by molar-refractivity contribution is 7.22. The number of anilines is 1. The van der Waals surface area contributed by atoms with Gasteiger partial charge >= 0.3 is 0 Å². The van der Waals surface area contributed by atoms with Crippen molar-refractivity contribution in [2.45, 2.75) is 6.92 Å². The number of para-hydroxylation sites is 1. The quantitative estimate of drug-likeness (QED) is 0.374. The Kier molecular flexibility index (Phi) is 4.11. The molecule has 0 atom stereocenters. The van der Waals surface area contributed by atoms with Crippen molar-refractivity contribution in [3.8, 4) is 21.1 Å². The van der Waals surface area contributed by atoms with E-state index in [2.05, 4.69) is 72.9 Å². The van der Waals surface area contributed by atoms with Gasteiger partial charge in [0, 0.05) is 23.4 Å². The van der Waals surface area contributed by atoms with E-state index in [4.69, 9.17) is 9.97 Å². The zero-order valence-corrected chi connectivity index (χ0v) is 16.4. The summed E-state index contributed by atoms with van der Waals surface area (Å²) in [5, 5.41) is 5.44. The highest BCUT2D eigenvalue weighted by Gasteiger charge is 2.10. The number of nitrogens with one attached hydrogen (secondary N) is 1. The van der Waals surface area contributed by atoms with Gasteiger partial charge in [-0.3, -0.25) is 0 Å². The fourth-order valence-electron chi connectivity index (χ4n) is 3.11. The third kappa shape index (κ3) is 3.09. The van der Waals surface area contributed by atoms with Crippen molar-refractivity contribution in [3.63, 3.8) is 0 Å². The first-order valence-electron chi connectivity index (χ1n) is 8.91. The number of hydrogen-bond acceptors (Lipinski definition) is 5. The average molecular weight is 388 g/mol. The van der Waals surface area contributed by atoms with Crippen molar-refractivity contribution in [1.82, 2.24) is 9.97 Å². The van der Waals surface area contributed by atoms with Crippen LogP contribution in [0.15, 0.2) is 66.7 Å². The third-order valence-electron chi connectivity index (χ3n) is 4.44. The largest absolute Gasteiger partial charge is 0.385 e. The summed E-state index contributed by atoms with van der Waals surface area (Å²) in [7, 11) is 0. The molecule has 0 fully saturated rings. The molecular formula is C22H17N3S2. The molecule has 0 amide bonds. The first-order chi connectivity index (χ1) is 13.3. The molecule has 27 heavy (non-hydrogen) atoms. The first-order valence-corrected chi connectivity index (χ1v) is 10.5. The van der Waals surface area contributed by atoms with Crippen LogP contribution in [0, 0.1) is 0 Å². The molecule has 5 rings (SSSR count). The molecule has 3 nitrogen and oxygen atoms in total. The van der Waals surface area contributed by atoms with Crippen molar-refractivity contribution >= 4 is 48.8 Å². The minimum absolute atomic E-state index is 0.926. The molecule has 0 radical (unpaired) electrons. The van der Waals surface area contributed by atoms with Gasteiger partial charge < -0.3 is 5.32 Å². The van der Waals surface area contributed by atoms with E-state index >= 15 is 0 Å². The fourth-order valence-corrected chi connectivity index (χ4v) is 5.08. The lowest BCUT2D eigenvalue weighted by Crippen LogP contribution is -1.95. The zero-order valence-electron chi connectivity index (χ0n) is 14.8. The van der Waals surface area contributed by atoms with Gasteiger partial charge in [-0.1, -0.05) is 12.1 Å². The van der Waals surface area contributed by atoms with Crippen molar-refractivity contribution in [2.75, 3.05) is 11.9 Å². The average Bonchev–Trinajstić information content (AvgIpc) is 3.32. The Morgan fingerprint density at radius 3 is 2.19 bits per heavy atom. The number of rotatable bonds is 4. The molecule has 0 saturated carbocycles. The van der Waals surface area contributed by atoms with Crippen LogP contribution in [0.3, 0.4) is 0 Å². The fraction of sp³-hybridized carbons (Fsp3) is 0.0909. The molecule has 132 valence electrons. The standard InChI is InChI=1S/C22H17N3S2/c1-2-23-16-10-7-14(8-11-16)21-25-18-12-9-15(13-20(18)27-21)22-24-17-5-3-4-6-19(17)26-22/h3-13,23H,2H2,1H3. The van der Waals surface area contributed by atoms with Gasteiger partial charge in [0.25, 0.3) is 0 Å². The van der Waals surface area contributed by atoms with Crippen LogP contribution in [0.5, 0.6) is 0 Å². The number of thiazole rings is 2. The first kappa shape index (κ1) is 16.4. The molecule has 0 unspecified atom stereocenters. The van der Waals surface area contributed by atoms with Gasteiger partial charge in [0.2, 0.25) is 0 Å². The van der Waals surface area contributed by atoms with E-state index in [1.54, 1.807) is 22.7 Å². The SMILES string of the molecule is CCNc1ccc(-c2nc3ccc(-c4nc5ccccc5s4)cc3s2)cc1. The van der Waals surface area contributed by atoms with E-state index in [1.807, 2.05) is 6.07 Å². The topological polar surface area (TPSA) is 37.8 Å². The Morgan fingerprint density at radius 2 is 1.41 bits per heavy atom. The normalized spacial score (nSPS) is 11.3. The molecule has 3 aromatic carbocycles. The summed E-state index contributed by atoms with van der Waals surface area (Å²) in [6.07, 6.45) is 0. The Morgan fingerprint density at radius 1 is 0.741 bits per heavy atom. The van der Waals surface area contributed by atoms with Gasteiger partial charge in [0.05, 0.1) is 20.4 Å². The lowest BCUT2D eigenvalue weighted by Gasteiger charge is -2.03. The van der Waals surface area contributed by atoms with Crippen molar-refractivity contribution in [1.29, 1.82) is 0 Å². The second kappa shape index (κ2) is 6.76.